The zero-order valence-electron chi connectivity index (χ0n) is 21.8. The molecular formula is C27H37N5O5S. The Hall–Kier alpha value is -2.31. The number of carbonyl (C=O) groups is 1. The van der Waals surface area contributed by atoms with Gasteiger partial charge in [0.15, 0.2) is 15.5 Å². The minimum absolute atomic E-state index is 0.0563. The van der Waals surface area contributed by atoms with Crippen LogP contribution in [0.4, 0.5) is 0 Å². The van der Waals surface area contributed by atoms with Crippen molar-refractivity contribution in [2.45, 2.75) is 48.5 Å². The van der Waals surface area contributed by atoms with Gasteiger partial charge in [0.2, 0.25) is 0 Å². The summed E-state index contributed by atoms with van der Waals surface area (Å²) in [6, 6.07) is 7.17. The fourth-order valence-corrected chi connectivity index (χ4v) is 7.90. The van der Waals surface area contributed by atoms with Gasteiger partial charge in [-0.1, -0.05) is 18.2 Å². The first-order valence-corrected chi connectivity index (χ1v) is 15.5. The van der Waals surface area contributed by atoms with Gasteiger partial charge < -0.3 is 19.6 Å². The fraction of sp³-hybridized carbons (Fsp3) is 0.630. The molecule has 2 aromatic rings. The Morgan fingerprint density at radius 3 is 2.53 bits per heavy atom. The lowest BCUT2D eigenvalue weighted by Gasteiger charge is -2.36. The summed E-state index contributed by atoms with van der Waals surface area (Å²) in [4.78, 5) is 20.6. The highest BCUT2D eigenvalue weighted by atomic mass is 32.2. The Kier molecular flexibility index (Phi) is 7.30. The van der Waals surface area contributed by atoms with Gasteiger partial charge in [0.05, 0.1) is 41.7 Å². The van der Waals surface area contributed by atoms with Crippen LogP contribution in [0.1, 0.15) is 47.8 Å². The lowest BCUT2D eigenvalue weighted by Crippen LogP contribution is -2.44. The van der Waals surface area contributed by atoms with E-state index in [-0.39, 0.29) is 29.5 Å². The number of likely N-dealkylation sites (tertiary alicyclic amines) is 2. The summed E-state index contributed by atoms with van der Waals surface area (Å²) in [6.45, 7) is 7.52. The third-order valence-corrected chi connectivity index (χ3v) is 10.1. The zero-order valence-corrected chi connectivity index (χ0v) is 22.6. The summed E-state index contributed by atoms with van der Waals surface area (Å²) >= 11 is 0. The van der Waals surface area contributed by atoms with E-state index in [0.29, 0.717) is 42.3 Å². The maximum Gasteiger partial charge on any atom is 0.274 e. The summed E-state index contributed by atoms with van der Waals surface area (Å²) in [5, 5.41) is 14.7. The molecule has 3 fully saturated rings. The predicted molar refractivity (Wildman–Crippen MR) is 142 cm³/mol. The molecule has 4 aliphatic rings. The molecule has 1 N–H and O–H groups in total. The summed E-state index contributed by atoms with van der Waals surface area (Å²) in [6.07, 6.45) is 3.46. The van der Waals surface area contributed by atoms with Crippen LogP contribution in [-0.4, -0.2) is 116 Å². The number of sulfone groups is 1. The molecule has 0 aliphatic carbocycles. The molecule has 0 radical (unpaired) electrons. The van der Waals surface area contributed by atoms with Crippen molar-refractivity contribution in [1.29, 1.82) is 0 Å². The van der Waals surface area contributed by atoms with Crippen LogP contribution in [0.5, 0.6) is 0 Å². The average molecular weight is 544 g/mol. The second kappa shape index (κ2) is 10.7. The molecular weight excluding hydrogens is 506 g/mol. The van der Waals surface area contributed by atoms with E-state index in [4.69, 9.17) is 9.84 Å². The van der Waals surface area contributed by atoms with E-state index in [2.05, 4.69) is 9.80 Å². The third-order valence-electron chi connectivity index (χ3n) is 8.44. The number of hydrogen-bond donors (Lipinski definition) is 1. The molecule has 11 heteroatoms. The summed E-state index contributed by atoms with van der Waals surface area (Å²) in [5.74, 6) is -0.417. The first-order chi connectivity index (χ1) is 18.4. The van der Waals surface area contributed by atoms with Crippen molar-refractivity contribution >= 4 is 15.7 Å². The van der Waals surface area contributed by atoms with Gasteiger partial charge in [0.1, 0.15) is 0 Å². The number of nitrogens with zero attached hydrogens (tertiary/aromatic N) is 5. The molecule has 0 saturated carbocycles. The van der Waals surface area contributed by atoms with Crippen LogP contribution < -0.4 is 0 Å². The molecule has 5 heterocycles. The Labute approximate surface area is 224 Å². The first kappa shape index (κ1) is 25.9. The number of piperidine rings is 2. The number of ether oxygens (including phenoxy) is 1. The van der Waals surface area contributed by atoms with Crippen LogP contribution in [-0.2, 0) is 20.3 Å². The van der Waals surface area contributed by atoms with E-state index in [0.717, 1.165) is 70.6 Å². The normalized spacial score (nSPS) is 24.7. The molecule has 206 valence electrons. The monoisotopic (exact) mass is 543 g/mol. The molecule has 1 atom stereocenters. The number of rotatable bonds is 5. The van der Waals surface area contributed by atoms with Gasteiger partial charge in [-0.2, -0.15) is 5.10 Å². The summed E-state index contributed by atoms with van der Waals surface area (Å²) < 4.78 is 33.9. The highest BCUT2D eigenvalue weighted by Crippen LogP contribution is 2.41. The van der Waals surface area contributed by atoms with Crippen LogP contribution in [0, 0.1) is 0 Å². The topological polar surface area (TPSA) is 108 Å². The van der Waals surface area contributed by atoms with Crippen LogP contribution in [0.3, 0.4) is 0 Å². The number of aliphatic hydroxyl groups excluding tert-OH is 1. The van der Waals surface area contributed by atoms with Gasteiger partial charge in [-0.05, 0) is 38.3 Å². The van der Waals surface area contributed by atoms with E-state index < -0.39 is 9.84 Å². The average Bonchev–Trinajstić information content (AvgIpc) is 3.32. The van der Waals surface area contributed by atoms with Crippen molar-refractivity contribution in [1.82, 2.24) is 24.5 Å². The number of carbonyl (C=O) groups excluding carboxylic acids is 1. The molecule has 1 aromatic heterocycles. The predicted octanol–water partition coefficient (Wildman–Crippen LogP) is 1.40. The van der Waals surface area contributed by atoms with E-state index in [1.54, 1.807) is 17.0 Å². The third kappa shape index (κ3) is 5.02. The molecule has 1 aromatic carbocycles. The van der Waals surface area contributed by atoms with Crippen LogP contribution in [0.15, 0.2) is 29.2 Å². The van der Waals surface area contributed by atoms with Gasteiger partial charge in [0.25, 0.3) is 5.91 Å². The van der Waals surface area contributed by atoms with E-state index in [1.165, 1.54) is 0 Å². The van der Waals surface area contributed by atoms with E-state index >= 15 is 0 Å². The van der Waals surface area contributed by atoms with Gasteiger partial charge in [-0.25, -0.2) is 8.42 Å². The van der Waals surface area contributed by atoms with Gasteiger partial charge in [0, 0.05) is 56.9 Å². The number of aromatic nitrogens is 2. The lowest BCUT2D eigenvalue weighted by molar-refractivity contribution is 0.0297. The molecule has 0 bridgehead atoms. The van der Waals surface area contributed by atoms with Gasteiger partial charge in [-0.15, -0.1) is 0 Å². The number of amides is 1. The first-order valence-electron chi connectivity index (χ1n) is 13.8. The number of aliphatic hydroxyl groups is 1. The van der Waals surface area contributed by atoms with Crippen LogP contribution >= 0.6 is 0 Å². The summed E-state index contributed by atoms with van der Waals surface area (Å²) in [7, 11) is -3.58. The van der Waals surface area contributed by atoms with Gasteiger partial charge in [-0.3, -0.25) is 14.4 Å². The lowest BCUT2D eigenvalue weighted by atomic mass is 10.0. The molecule has 3 saturated heterocycles. The number of benzene rings is 1. The van der Waals surface area contributed by atoms with Crippen molar-refractivity contribution < 1.29 is 23.1 Å². The van der Waals surface area contributed by atoms with Crippen LogP contribution in [0.2, 0.25) is 0 Å². The molecule has 10 nitrogen and oxygen atoms in total. The minimum Gasteiger partial charge on any atom is -0.393 e. The maximum atomic E-state index is 13.6. The Morgan fingerprint density at radius 1 is 1.00 bits per heavy atom. The fourth-order valence-electron chi connectivity index (χ4n) is 6.30. The molecule has 0 spiro atoms. The Balaban J connectivity index is 1.31. The van der Waals surface area contributed by atoms with Crippen molar-refractivity contribution in [2.24, 2.45) is 0 Å². The quantitative estimate of drug-likeness (QED) is 0.603. The largest absolute Gasteiger partial charge is 0.393 e. The maximum absolute atomic E-state index is 13.6. The number of hydrogen-bond acceptors (Lipinski definition) is 8. The highest BCUT2D eigenvalue weighted by Gasteiger charge is 2.39. The Morgan fingerprint density at radius 2 is 1.74 bits per heavy atom. The van der Waals surface area contributed by atoms with E-state index in [9.17, 15) is 18.3 Å². The molecule has 6 rings (SSSR count). The minimum atomic E-state index is -3.58. The van der Waals surface area contributed by atoms with Crippen molar-refractivity contribution in [3.05, 3.63) is 35.5 Å². The molecule has 1 unspecified atom stereocenters. The molecule has 38 heavy (non-hydrogen) atoms. The van der Waals surface area contributed by atoms with E-state index in [1.807, 2.05) is 16.8 Å². The second-order valence-electron chi connectivity index (χ2n) is 10.9. The van der Waals surface area contributed by atoms with Crippen molar-refractivity contribution in [2.75, 3.05) is 65.6 Å². The van der Waals surface area contributed by atoms with Gasteiger partial charge >= 0.3 is 0 Å². The Bertz CT molecular complexity index is 1280. The molecule has 1 amide bonds. The second-order valence-corrected chi connectivity index (χ2v) is 12.9. The zero-order chi connectivity index (χ0) is 26.3. The SMILES string of the molecule is O=C(c1nn(C2CCCN(CCN3CCC(O)CC3)C2)c2c1CS(=O)(=O)c1ccccc1-2)N1CCOCC1. The highest BCUT2D eigenvalue weighted by molar-refractivity contribution is 7.90. The van der Waals surface area contributed by atoms with Crippen molar-refractivity contribution in [3.8, 4) is 11.3 Å². The molecule has 4 aliphatic heterocycles. The smallest absolute Gasteiger partial charge is 0.274 e. The number of morpholine rings is 1. The van der Waals surface area contributed by atoms with Crippen LogP contribution in [0.25, 0.3) is 11.3 Å². The standard InChI is InChI=1S/C27H37N5O5S/c33-21-7-10-29(11-8-21)12-13-30-9-3-4-20(18-30)32-26-22-5-1-2-6-24(22)38(35,36)19-23(26)25(28-32)27(34)31-14-16-37-17-15-31/h1-2,5-6,20-21,33H,3-4,7-19H2. The van der Waals surface area contributed by atoms with Crippen molar-refractivity contribution in [3.63, 3.8) is 0 Å². The summed E-state index contributed by atoms with van der Waals surface area (Å²) in [5.41, 5.74) is 2.23. The number of fused-ring (bicyclic) bond motifs is 3.